The highest BCUT2D eigenvalue weighted by atomic mass is 19.3. The summed E-state index contributed by atoms with van der Waals surface area (Å²) in [5.41, 5.74) is 4.29. The molecule has 0 amide bonds. The van der Waals surface area contributed by atoms with Crippen molar-refractivity contribution in [3.63, 3.8) is 0 Å². The highest BCUT2D eigenvalue weighted by Crippen LogP contribution is 2.26. The second kappa shape index (κ2) is 3.57. The van der Waals surface area contributed by atoms with Gasteiger partial charge in [0.15, 0.2) is 0 Å². The topological polar surface area (TPSA) is 76.2 Å². The third kappa shape index (κ3) is 1.78. The molecule has 76 valence electrons. The predicted molar refractivity (Wildman–Crippen MR) is 45.3 cm³/mol. The maximum Gasteiger partial charge on any atom is 0.339 e. The van der Waals surface area contributed by atoms with Crippen molar-refractivity contribution in [2.24, 2.45) is 0 Å². The maximum atomic E-state index is 12.4. The van der Waals surface area contributed by atoms with E-state index in [0.717, 1.165) is 6.07 Å². The molecule has 0 spiro atoms. The van der Waals surface area contributed by atoms with E-state index in [4.69, 9.17) is 10.8 Å². The Labute approximate surface area is 78.4 Å². The fourth-order valence-electron chi connectivity index (χ4n) is 1.13. The van der Waals surface area contributed by atoms with Gasteiger partial charge in [-0.3, -0.25) is 0 Å². The molecule has 4 nitrogen and oxygen atoms in total. The Morgan fingerprint density at radius 2 is 2.21 bits per heavy atom. The number of carbonyl (C=O) groups is 1. The van der Waals surface area contributed by atoms with Crippen molar-refractivity contribution in [1.82, 2.24) is 4.98 Å². The van der Waals surface area contributed by atoms with E-state index in [-0.39, 0.29) is 11.5 Å². The quantitative estimate of drug-likeness (QED) is 0.763. The molecule has 0 fully saturated rings. The Bertz CT molecular complexity index is 380. The molecule has 0 radical (unpaired) electrons. The monoisotopic (exact) mass is 202 g/mol. The molecule has 1 aromatic rings. The van der Waals surface area contributed by atoms with Gasteiger partial charge in [-0.15, -0.1) is 0 Å². The first-order valence-electron chi connectivity index (χ1n) is 3.72. The van der Waals surface area contributed by atoms with Crippen molar-refractivity contribution in [3.05, 3.63) is 22.9 Å². The number of nitrogens with two attached hydrogens (primary N) is 1. The molecule has 0 saturated carbocycles. The molecule has 0 aromatic carbocycles. The van der Waals surface area contributed by atoms with Crippen LogP contribution in [0.3, 0.4) is 0 Å². The summed E-state index contributed by atoms with van der Waals surface area (Å²) in [7, 11) is 0. The van der Waals surface area contributed by atoms with E-state index in [9.17, 15) is 13.6 Å². The molecular formula is C8H8F2N2O2. The Morgan fingerprint density at radius 3 is 2.64 bits per heavy atom. The summed E-state index contributed by atoms with van der Waals surface area (Å²) in [6.45, 7) is 1.47. The van der Waals surface area contributed by atoms with Crippen molar-refractivity contribution in [1.29, 1.82) is 0 Å². The summed E-state index contributed by atoms with van der Waals surface area (Å²) in [5, 5.41) is 8.63. The van der Waals surface area contributed by atoms with Gasteiger partial charge in [0.25, 0.3) is 6.43 Å². The fourth-order valence-corrected chi connectivity index (χ4v) is 1.13. The van der Waals surface area contributed by atoms with Crippen molar-refractivity contribution in [2.75, 3.05) is 5.73 Å². The summed E-state index contributed by atoms with van der Waals surface area (Å²) < 4.78 is 24.8. The summed E-state index contributed by atoms with van der Waals surface area (Å²) in [4.78, 5) is 14.2. The molecule has 0 aliphatic heterocycles. The number of aromatic nitrogens is 1. The lowest BCUT2D eigenvalue weighted by atomic mass is 10.1. The number of anilines is 1. The van der Waals surface area contributed by atoms with Crippen LogP contribution in [0.1, 0.15) is 28.0 Å². The average molecular weight is 202 g/mol. The first kappa shape index (κ1) is 10.4. The van der Waals surface area contributed by atoms with Gasteiger partial charge in [0.1, 0.15) is 11.4 Å². The van der Waals surface area contributed by atoms with Crippen molar-refractivity contribution in [3.8, 4) is 0 Å². The number of aryl methyl sites for hydroxylation is 1. The number of halogens is 2. The number of carboxylic acid groups (broad SMARTS) is 1. The number of nitrogen functional groups attached to an aromatic ring is 1. The van der Waals surface area contributed by atoms with Gasteiger partial charge in [-0.25, -0.2) is 18.6 Å². The number of aromatic carboxylic acids is 1. The molecule has 1 rings (SSSR count). The summed E-state index contributed by atoms with van der Waals surface area (Å²) >= 11 is 0. The second-order valence-electron chi connectivity index (χ2n) is 2.72. The Morgan fingerprint density at radius 1 is 1.64 bits per heavy atom. The maximum absolute atomic E-state index is 12.4. The molecule has 0 aliphatic carbocycles. The van der Waals surface area contributed by atoms with Crippen LogP contribution < -0.4 is 5.73 Å². The number of hydrogen-bond acceptors (Lipinski definition) is 3. The van der Waals surface area contributed by atoms with Crippen molar-refractivity contribution < 1.29 is 18.7 Å². The van der Waals surface area contributed by atoms with Gasteiger partial charge in [-0.2, -0.15) is 0 Å². The molecule has 14 heavy (non-hydrogen) atoms. The smallest absolute Gasteiger partial charge is 0.339 e. The van der Waals surface area contributed by atoms with Crippen LogP contribution in [0.25, 0.3) is 0 Å². The van der Waals surface area contributed by atoms with E-state index in [2.05, 4.69) is 4.98 Å². The number of carboxylic acids is 1. The first-order valence-corrected chi connectivity index (χ1v) is 3.72. The highest BCUT2D eigenvalue weighted by Gasteiger charge is 2.21. The minimum Gasteiger partial charge on any atom is -0.478 e. The van der Waals surface area contributed by atoms with Crippen molar-refractivity contribution in [2.45, 2.75) is 13.3 Å². The van der Waals surface area contributed by atoms with E-state index in [1.54, 1.807) is 0 Å². The van der Waals surface area contributed by atoms with Gasteiger partial charge < -0.3 is 10.8 Å². The van der Waals surface area contributed by atoms with Crippen LogP contribution in [0, 0.1) is 6.92 Å². The number of alkyl halides is 2. The molecule has 0 bridgehead atoms. The van der Waals surface area contributed by atoms with Gasteiger partial charge in [0, 0.05) is 11.3 Å². The predicted octanol–water partition coefficient (Wildman–Crippen LogP) is 1.61. The molecule has 0 saturated heterocycles. The highest BCUT2D eigenvalue weighted by molar-refractivity contribution is 5.94. The Balaban J connectivity index is 3.44. The normalized spacial score (nSPS) is 10.6. The minimum atomic E-state index is -2.87. The molecule has 0 aliphatic rings. The summed E-state index contributed by atoms with van der Waals surface area (Å²) in [5.74, 6) is -1.88. The van der Waals surface area contributed by atoms with Gasteiger partial charge in [0.05, 0.1) is 0 Å². The lowest BCUT2D eigenvalue weighted by Crippen LogP contribution is -2.10. The molecular weight excluding hydrogens is 194 g/mol. The van der Waals surface area contributed by atoms with Gasteiger partial charge >= 0.3 is 5.97 Å². The van der Waals surface area contributed by atoms with Crippen LogP contribution in [0.15, 0.2) is 6.07 Å². The van der Waals surface area contributed by atoms with Gasteiger partial charge in [-0.05, 0) is 13.0 Å². The summed E-state index contributed by atoms with van der Waals surface area (Å²) in [6.07, 6.45) is -2.87. The van der Waals surface area contributed by atoms with Crippen LogP contribution in [-0.4, -0.2) is 16.1 Å². The van der Waals surface area contributed by atoms with E-state index in [1.165, 1.54) is 6.92 Å². The molecule has 0 unspecified atom stereocenters. The van der Waals surface area contributed by atoms with E-state index >= 15 is 0 Å². The van der Waals surface area contributed by atoms with Crippen LogP contribution in [0.4, 0.5) is 14.6 Å². The fraction of sp³-hybridized carbons (Fsp3) is 0.250. The first-order chi connectivity index (χ1) is 6.43. The summed E-state index contributed by atoms with van der Waals surface area (Å²) in [6, 6.07) is 1.02. The number of pyridine rings is 1. The van der Waals surface area contributed by atoms with Crippen LogP contribution >= 0.6 is 0 Å². The zero-order valence-corrected chi connectivity index (χ0v) is 7.29. The molecule has 1 aromatic heterocycles. The number of hydrogen-bond donors (Lipinski definition) is 2. The number of rotatable bonds is 2. The molecule has 1 heterocycles. The third-order valence-corrected chi connectivity index (χ3v) is 1.65. The lowest BCUT2D eigenvalue weighted by molar-refractivity contribution is 0.0685. The standard InChI is InChI=1S/C8H8F2N2O2/c1-3-2-4(6(9)10)5(8(13)14)7(11)12-3/h2,6H,1H3,(H2,11,12)(H,13,14). The van der Waals surface area contributed by atoms with Crippen LogP contribution in [0.5, 0.6) is 0 Å². The largest absolute Gasteiger partial charge is 0.478 e. The minimum absolute atomic E-state index is 0.266. The van der Waals surface area contributed by atoms with E-state index < -0.39 is 23.5 Å². The second-order valence-corrected chi connectivity index (χ2v) is 2.72. The lowest BCUT2D eigenvalue weighted by Gasteiger charge is -2.08. The van der Waals surface area contributed by atoms with Gasteiger partial charge in [0.2, 0.25) is 0 Å². The Kier molecular flexibility index (Phi) is 2.64. The van der Waals surface area contributed by atoms with Gasteiger partial charge in [-0.1, -0.05) is 0 Å². The Hall–Kier alpha value is -1.72. The molecule has 3 N–H and O–H groups in total. The van der Waals surface area contributed by atoms with E-state index in [0.29, 0.717) is 0 Å². The molecule has 0 atom stereocenters. The average Bonchev–Trinajstić information content (AvgIpc) is 2.01. The zero-order valence-electron chi connectivity index (χ0n) is 7.29. The molecule has 6 heteroatoms. The zero-order chi connectivity index (χ0) is 10.9. The van der Waals surface area contributed by atoms with E-state index in [1.807, 2.05) is 0 Å². The SMILES string of the molecule is Cc1cc(C(F)F)c(C(=O)O)c(N)n1. The van der Waals surface area contributed by atoms with Crippen LogP contribution in [-0.2, 0) is 0 Å². The third-order valence-electron chi connectivity index (χ3n) is 1.65. The number of nitrogens with zero attached hydrogens (tertiary/aromatic N) is 1. The van der Waals surface area contributed by atoms with Crippen LogP contribution in [0.2, 0.25) is 0 Å². The van der Waals surface area contributed by atoms with Crippen molar-refractivity contribution >= 4 is 11.8 Å².